The Morgan fingerprint density at radius 2 is 1.52 bits per heavy atom. The van der Waals surface area contributed by atoms with Crippen molar-refractivity contribution >= 4 is 18.4 Å². The summed E-state index contributed by atoms with van der Waals surface area (Å²) in [5, 5.41) is 0. The van der Waals surface area contributed by atoms with E-state index in [0.717, 1.165) is 5.56 Å². The Morgan fingerprint density at radius 1 is 0.920 bits per heavy atom. The first kappa shape index (κ1) is 18.7. The van der Waals surface area contributed by atoms with E-state index in [1.807, 2.05) is 36.4 Å². The van der Waals surface area contributed by atoms with Crippen molar-refractivity contribution in [2.75, 3.05) is 0 Å². The number of ether oxygens (including phenoxy) is 1. The maximum Gasteiger partial charge on any atom is 0.318 e. The van der Waals surface area contributed by atoms with Crippen molar-refractivity contribution in [1.29, 1.82) is 0 Å². The highest BCUT2D eigenvalue weighted by atomic mass is 35.5. The zero-order valence-electron chi connectivity index (χ0n) is 13.7. The molecule has 3 rings (SSSR count). The van der Waals surface area contributed by atoms with Crippen LogP contribution in [0.2, 0.25) is 0 Å². The Labute approximate surface area is 152 Å². The van der Waals surface area contributed by atoms with Crippen LogP contribution in [-0.4, -0.2) is 5.97 Å². The summed E-state index contributed by atoms with van der Waals surface area (Å²) in [6, 6.07) is 23.0. The molecule has 0 heterocycles. The van der Waals surface area contributed by atoms with Crippen LogP contribution in [-0.2, 0) is 4.79 Å². The van der Waals surface area contributed by atoms with Gasteiger partial charge in [-0.25, -0.2) is 4.39 Å². The minimum Gasteiger partial charge on any atom is -0.426 e. The number of carbonyl (C=O) groups is 1. The predicted octanol–water partition coefficient (Wildman–Crippen LogP) is 5.62. The van der Waals surface area contributed by atoms with Gasteiger partial charge in [-0.1, -0.05) is 60.7 Å². The molecule has 0 aromatic heterocycles. The van der Waals surface area contributed by atoms with E-state index in [2.05, 4.69) is 0 Å². The van der Waals surface area contributed by atoms with E-state index in [9.17, 15) is 9.18 Å². The monoisotopic (exact) mass is 356 g/mol. The number of carbonyl (C=O) groups excluding carboxylic acids is 1. The molecule has 0 fully saturated rings. The fraction of sp³-hybridized carbons (Fsp3) is 0.0952. The third-order valence-electron chi connectivity index (χ3n) is 3.89. The maximum absolute atomic E-state index is 14.4. The van der Waals surface area contributed by atoms with Gasteiger partial charge < -0.3 is 4.74 Å². The minimum atomic E-state index is -0.551. The molecule has 0 bridgehead atoms. The molecule has 0 radical (unpaired) electrons. The molecule has 2 nitrogen and oxygen atoms in total. The molecule has 3 aromatic carbocycles. The SMILES string of the molecule is CC(C(=O)Oc1ccccc1)c1ccc(-c2ccccc2)c(F)c1.Cl. The summed E-state index contributed by atoms with van der Waals surface area (Å²) >= 11 is 0. The smallest absolute Gasteiger partial charge is 0.318 e. The van der Waals surface area contributed by atoms with Crippen LogP contribution >= 0.6 is 12.4 Å². The Hall–Kier alpha value is -2.65. The zero-order chi connectivity index (χ0) is 16.9. The largest absolute Gasteiger partial charge is 0.426 e. The molecule has 1 unspecified atom stereocenters. The van der Waals surface area contributed by atoms with Crippen molar-refractivity contribution in [1.82, 2.24) is 0 Å². The Kier molecular flexibility index (Phi) is 6.31. The van der Waals surface area contributed by atoms with Crippen LogP contribution in [0.5, 0.6) is 5.75 Å². The fourth-order valence-corrected chi connectivity index (χ4v) is 2.48. The molecule has 1 atom stereocenters. The molecule has 25 heavy (non-hydrogen) atoms. The summed E-state index contributed by atoms with van der Waals surface area (Å²) in [5.41, 5.74) is 1.91. The van der Waals surface area contributed by atoms with E-state index in [-0.39, 0.29) is 18.2 Å². The maximum atomic E-state index is 14.4. The molecule has 0 amide bonds. The van der Waals surface area contributed by atoms with Gasteiger partial charge in [0.05, 0.1) is 5.92 Å². The number of rotatable bonds is 4. The molecule has 0 aliphatic rings. The highest BCUT2D eigenvalue weighted by Gasteiger charge is 2.19. The molecule has 0 saturated heterocycles. The van der Waals surface area contributed by atoms with Crippen LogP contribution in [0.1, 0.15) is 18.4 Å². The van der Waals surface area contributed by atoms with Gasteiger partial charge in [0.1, 0.15) is 11.6 Å². The second-order valence-corrected chi connectivity index (χ2v) is 5.56. The third-order valence-corrected chi connectivity index (χ3v) is 3.89. The second kappa shape index (κ2) is 8.45. The summed E-state index contributed by atoms with van der Waals surface area (Å²) in [7, 11) is 0. The average Bonchev–Trinajstić information content (AvgIpc) is 2.62. The third kappa shape index (κ3) is 4.46. The quantitative estimate of drug-likeness (QED) is 0.447. The predicted molar refractivity (Wildman–Crippen MR) is 99.6 cm³/mol. The molecule has 0 spiro atoms. The van der Waals surface area contributed by atoms with Gasteiger partial charge in [-0.05, 0) is 36.2 Å². The topological polar surface area (TPSA) is 26.3 Å². The highest BCUT2D eigenvalue weighted by Crippen LogP contribution is 2.27. The molecular formula is C21H18ClFO2. The van der Waals surface area contributed by atoms with Crippen molar-refractivity contribution in [3.63, 3.8) is 0 Å². The van der Waals surface area contributed by atoms with Crippen LogP contribution in [0.4, 0.5) is 4.39 Å². The Morgan fingerprint density at radius 3 is 2.12 bits per heavy atom. The number of esters is 1. The van der Waals surface area contributed by atoms with Gasteiger partial charge in [-0.2, -0.15) is 0 Å². The van der Waals surface area contributed by atoms with Gasteiger partial charge in [0.2, 0.25) is 0 Å². The summed E-state index contributed by atoms with van der Waals surface area (Å²) < 4.78 is 19.8. The van der Waals surface area contributed by atoms with Crippen molar-refractivity contribution in [2.45, 2.75) is 12.8 Å². The van der Waals surface area contributed by atoms with Crippen LogP contribution in [0.15, 0.2) is 78.9 Å². The zero-order valence-corrected chi connectivity index (χ0v) is 14.5. The van der Waals surface area contributed by atoms with Gasteiger partial charge >= 0.3 is 5.97 Å². The second-order valence-electron chi connectivity index (χ2n) is 5.56. The Balaban J connectivity index is 0.00000225. The molecule has 0 aliphatic heterocycles. The molecule has 0 N–H and O–H groups in total. The van der Waals surface area contributed by atoms with E-state index in [1.54, 1.807) is 43.3 Å². The minimum absolute atomic E-state index is 0. The summed E-state index contributed by atoms with van der Waals surface area (Å²) in [6.45, 7) is 1.71. The lowest BCUT2D eigenvalue weighted by atomic mass is 9.97. The van der Waals surface area contributed by atoms with Gasteiger partial charge in [0.25, 0.3) is 0 Å². The number of halogens is 2. The lowest BCUT2D eigenvalue weighted by Gasteiger charge is -2.13. The van der Waals surface area contributed by atoms with Crippen molar-refractivity contribution in [3.05, 3.63) is 90.2 Å². The highest BCUT2D eigenvalue weighted by molar-refractivity contribution is 5.85. The van der Waals surface area contributed by atoms with Crippen LogP contribution in [0, 0.1) is 5.82 Å². The molecular weight excluding hydrogens is 339 g/mol. The average molecular weight is 357 g/mol. The summed E-state index contributed by atoms with van der Waals surface area (Å²) in [4.78, 5) is 12.2. The van der Waals surface area contributed by atoms with Crippen molar-refractivity contribution in [2.24, 2.45) is 0 Å². The van der Waals surface area contributed by atoms with Crippen LogP contribution < -0.4 is 4.74 Å². The van der Waals surface area contributed by atoms with Gasteiger partial charge in [0.15, 0.2) is 0 Å². The molecule has 0 saturated carbocycles. The number of benzene rings is 3. The van der Waals surface area contributed by atoms with Gasteiger partial charge in [0, 0.05) is 5.56 Å². The number of hydrogen-bond acceptors (Lipinski definition) is 2. The first-order valence-corrected chi connectivity index (χ1v) is 7.77. The van der Waals surface area contributed by atoms with E-state index in [0.29, 0.717) is 16.9 Å². The van der Waals surface area contributed by atoms with E-state index in [1.165, 1.54) is 6.07 Å². The van der Waals surface area contributed by atoms with Gasteiger partial charge in [-0.3, -0.25) is 4.79 Å². The molecule has 4 heteroatoms. The molecule has 0 aliphatic carbocycles. The normalized spacial score (nSPS) is 11.3. The fourth-order valence-electron chi connectivity index (χ4n) is 2.48. The standard InChI is InChI=1S/C21H17FO2.ClH/c1-15(21(23)24-18-10-6-3-7-11-18)17-12-13-19(20(22)14-17)16-8-4-2-5-9-16;/h2-15H,1H3;1H. The van der Waals surface area contributed by atoms with E-state index in [4.69, 9.17) is 4.74 Å². The number of hydrogen-bond donors (Lipinski definition) is 0. The van der Waals surface area contributed by atoms with E-state index < -0.39 is 11.9 Å². The lowest BCUT2D eigenvalue weighted by molar-refractivity contribution is -0.135. The van der Waals surface area contributed by atoms with Gasteiger partial charge in [-0.15, -0.1) is 12.4 Å². The van der Waals surface area contributed by atoms with Crippen LogP contribution in [0.25, 0.3) is 11.1 Å². The van der Waals surface area contributed by atoms with E-state index >= 15 is 0 Å². The number of para-hydroxylation sites is 1. The summed E-state index contributed by atoms with van der Waals surface area (Å²) in [6.07, 6.45) is 0. The van der Waals surface area contributed by atoms with Crippen LogP contribution in [0.3, 0.4) is 0 Å². The first-order valence-electron chi connectivity index (χ1n) is 7.77. The molecule has 128 valence electrons. The lowest BCUT2D eigenvalue weighted by Crippen LogP contribution is -2.16. The molecule has 3 aromatic rings. The Bertz CT molecular complexity index is 835. The summed E-state index contributed by atoms with van der Waals surface area (Å²) in [5.74, 6) is -0.827. The van der Waals surface area contributed by atoms with Crippen molar-refractivity contribution < 1.29 is 13.9 Å². The first-order chi connectivity index (χ1) is 11.6. The van der Waals surface area contributed by atoms with Crippen molar-refractivity contribution in [3.8, 4) is 16.9 Å².